The van der Waals surface area contributed by atoms with Crippen molar-refractivity contribution in [3.63, 3.8) is 0 Å². The van der Waals surface area contributed by atoms with E-state index in [0.29, 0.717) is 5.70 Å². The molecule has 1 saturated heterocycles. The average molecular weight is 178 g/mol. The van der Waals surface area contributed by atoms with Gasteiger partial charge in [0.05, 0.1) is 0 Å². The zero-order chi connectivity index (χ0) is 9.84. The first-order chi connectivity index (χ1) is 6.11. The molecule has 0 atom stereocenters. The fourth-order valence-corrected chi connectivity index (χ4v) is 1.51. The van der Waals surface area contributed by atoms with Gasteiger partial charge in [-0.15, -0.1) is 0 Å². The lowest BCUT2D eigenvalue weighted by Gasteiger charge is -2.20. The van der Waals surface area contributed by atoms with Crippen LogP contribution in [0, 0.1) is 0 Å². The highest BCUT2D eigenvalue weighted by Gasteiger charge is 2.13. The number of rotatable bonds is 4. The molecule has 0 aromatic heterocycles. The molecule has 0 aliphatic carbocycles. The Bertz CT molecular complexity index is 234. The van der Waals surface area contributed by atoms with Crippen LogP contribution >= 0.6 is 0 Å². The highest BCUT2D eigenvalue weighted by atomic mass is 15.1. The van der Waals surface area contributed by atoms with Crippen LogP contribution in [0.4, 0.5) is 0 Å². The maximum atomic E-state index is 5.53. The van der Waals surface area contributed by atoms with Crippen LogP contribution in [0.5, 0.6) is 0 Å². The first-order valence-electron chi connectivity index (χ1n) is 4.66. The van der Waals surface area contributed by atoms with Crippen molar-refractivity contribution in [2.24, 2.45) is 5.73 Å². The summed E-state index contributed by atoms with van der Waals surface area (Å²) in [5.74, 6) is 0. The minimum absolute atomic E-state index is 0.570. The van der Waals surface area contributed by atoms with Gasteiger partial charge in [-0.25, -0.2) is 0 Å². The van der Waals surface area contributed by atoms with Crippen molar-refractivity contribution in [3.8, 4) is 0 Å². The SMILES string of the molecule is C=C(N)C(=C)CC(=C)N1CCCC1. The maximum absolute atomic E-state index is 5.53. The second kappa shape index (κ2) is 4.17. The van der Waals surface area contributed by atoms with Crippen molar-refractivity contribution >= 4 is 0 Å². The van der Waals surface area contributed by atoms with E-state index < -0.39 is 0 Å². The normalized spacial score (nSPS) is 15.8. The molecule has 1 fully saturated rings. The third-order valence-electron chi connectivity index (χ3n) is 2.42. The van der Waals surface area contributed by atoms with Gasteiger partial charge < -0.3 is 10.6 Å². The van der Waals surface area contributed by atoms with E-state index in [-0.39, 0.29) is 0 Å². The van der Waals surface area contributed by atoms with Gasteiger partial charge in [0.2, 0.25) is 0 Å². The molecule has 0 saturated carbocycles. The monoisotopic (exact) mass is 178 g/mol. The Morgan fingerprint density at radius 2 is 1.69 bits per heavy atom. The van der Waals surface area contributed by atoms with Crippen molar-refractivity contribution in [1.82, 2.24) is 4.90 Å². The van der Waals surface area contributed by atoms with E-state index in [4.69, 9.17) is 5.73 Å². The molecule has 0 aromatic carbocycles. The molecule has 0 aromatic rings. The standard InChI is InChI=1S/C11H18N2/c1-9(11(3)12)8-10(2)13-6-4-5-7-13/h1-8,12H2. The lowest BCUT2D eigenvalue weighted by Crippen LogP contribution is -2.18. The van der Waals surface area contributed by atoms with Gasteiger partial charge in [-0.3, -0.25) is 0 Å². The van der Waals surface area contributed by atoms with Gasteiger partial charge in [0.25, 0.3) is 0 Å². The molecule has 1 aliphatic rings. The average Bonchev–Trinajstić information content (AvgIpc) is 2.55. The zero-order valence-electron chi connectivity index (χ0n) is 8.18. The Balaban J connectivity index is 2.40. The van der Waals surface area contributed by atoms with Gasteiger partial charge in [0.1, 0.15) is 0 Å². The first kappa shape index (κ1) is 9.90. The predicted octanol–water partition coefficient (Wildman–Crippen LogP) is 2.01. The van der Waals surface area contributed by atoms with Gasteiger partial charge in [-0.05, 0) is 18.4 Å². The number of hydrogen-bond donors (Lipinski definition) is 1. The lowest BCUT2D eigenvalue weighted by molar-refractivity contribution is 0.418. The summed E-state index contributed by atoms with van der Waals surface area (Å²) in [6.07, 6.45) is 3.31. The molecule has 2 N–H and O–H groups in total. The molecular weight excluding hydrogens is 160 g/mol. The minimum Gasteiger partial charge on any atom is -0.399 e. The van der Waals surface area contributed by atoms with E-state index >= 15 is 0 Å². The molecule has 1 rings (SSSR count). The number of nitrogens with two attached hydrogens (primary N) is 1. The van der Waals surface area contributed by atoms with Gasteiger partial charge in [0, 0.05) is 30.9 Å². The van der Waals surface area contributed by atoms with Crippen LogP contribution in [-0.2, 0) is 0 Å². The summed E-state index contributed by atoms with van der Waals surface area (Å²) in [5, 5.41) is 0. The quantitative estimate of drug-likeness (QED) is 0.667. The molecular formula is C11H18N2. The third kappa shape index (κ3) is 2.65. The highest BCUT2D eigenvalue weighted by Crippen LogP contribution is 2.19. The zero-order valence-corrected chi connectivity index (χ0v) is 8.18. The summed E-state index contributed by atoms with van der Waals surface area (Å²) in [4.78, 5) is 2.30. The van der Waals surface area contributed by atoms with Crippen molar-refractivity contribution < 1.29 is 0 Å². The van der Waals surface area contributed by atoms with Crippen LogP contribution in [0.25, 0.3) is 0 Å². The Morgan fingerprint density at radius 1 is 1.15 bits per heavy atom. The van der Waals surface area contributed by atoms with Crippen molar-refractivity contribution in [2.75, 3.05) is 13.1 Å². The second-order valence-electron chi connectivity index (χ2n) is 3.57. The summed E-state index contributed by atoms with van der Waals surface area (Å²) < 4.78 is 0. The molecule has 72 valence electrons. The van der Waals surface area contributed by atoms with E-state index in [1.54, 1.807) is 0 Å². The maximum Gasteiger partial charge on any atom is 0.0271 e. The molecule has 2 heteroatoms. The molecule has 1 heterocycles. The topological polar surface area (TPSA) is 29.3 Å². The van der Waals surface area contributed by atoms with Gasteiger partial charge >= 0.3 is 0 Å². The molecule has 0 spiro atoms. The van der Waals surface area contributed by atoms with E-state index in [2.05, 4.69) is 24.6 Å². The summed E-state index contributed by atoms with van der Waals surface area (Å²) in [6.45, 7) is 13.8. The molecule has 1 aliphatic heterocycles. The van der Waals surface area contributed by atoms with E-state index in [0.717, 1.165) is 30.8 Å². The van der Waals surface area contributed by atoms with Crippen LogP contribution in [0.15, 0.2) is 36.7 Å². The van der Waals surface area contributed by atoms with Crippen LogP contribution in [0.3, 0.4) is 0 Å². The summed E-state index contributed by atoms with van der Waals surface area (Å²) >= 11 is 0. The number of nitrogens with zero attached hydrogens (tertiary/aromatic N) is 1. The second-order valence-corrected chi connectivity index (χ2v) is 3.57. The van der Waals surface area contributed by atoms with Crippen molar-refractivity contribution in [3.05, 3.63) is 36.7 Å². The molecule has 0 amide bonds. The Labute approximate surface area is 80.4 Å². The molecule has 0 bridgehead atoms. The van der Waals surface area contributed by atoms with Crippen molar-refractivity contribution in [2.45, 2.75) is 19.3 Å². The summed E-state index contributed by atoms with van der Waals surface area (Å²) in [5.41, 5.74) is 8.10. The Morgan fingerprint density at radius 3 is 2.15 bits per heavy atom. The van der Waals surface area contributed by atoms with E-state index in [1.807, 2.05) is 0 Å². The largest absolute Gasteiger partial charge is 0.399 e. The summed E-state index contributed by atoms with van der Waals surface area (Å²) in [6, 6.07) is 0. The summed E-state index contributed by atoms with van der Waals surface area (Å²) in [7, 11) is 0. The van der Waals surface area contributed by atoms with E-state index in [1.165, 1.54) is 12.8 Å². The predicted molar refractivity (Wildman–Crippen MR) is 57.0 cm³/mol. The lowest BCUT2D eigenvalue weighted by atomic mass is 10.1. The number of likely N-dealkylation sites (tertiary alicyclic amines) is 1. The molecule has 0 radical (unpaired) electrons. The number of allylic oxidation sites excluding steroid dienone is 2. The van der Waals surface area contributed by atoms with Crippen LogP contribution in [-0.4, -0.2) is 18.0 Å². The smallest absolute Gasteiger partial charge is 0.0271 e. The fourth-order valence-electron chi connectivity index (χ4n) is 1.51. The first-order valence-corrected chi connectivity index (χ1v) is 4.66. The van der Waals surface area contributed by atoms with Gasteiger partial charge in [-0.2, -0.15) is 0 Å². The van der Waals surface area contributed by atoms with Gasteiger partial charge in [0.15, 0.2) is 0 Å². The van der Waals surface area contributed by atoms with Crippen LogP contribution < -0.4 is 5.73 Å². The highest BCUT2D eigenvalue weighted by molar-refractivity contribution is 5.26. The molecule has 0 unspecified atom stereocenters. The van der Waals surface area contributed by atoms with Gasteiger partial charge in [-0.1, -0.05) is 19.7 Å². The third-order valence-corrected chi connectivity index (χ3v) is 2.42. The molecule has 13 heavy (non-hydrogen) atoms. The van der Waals surface area contributed by atoms with E-state index in [9.17, 15) is 0 Å². The Kier molecular flexibility index (Phi) is 3.18. The number of hydrogen-bond acceptors (Lipinski definition) is 2. The Hall–Kier alpha value is -1.18. The molecule has 2 nitrogen and oxygen atoms in total. The fraction of sp³-hybridized carbons (Fsp3) is 0.455. The minimum atomic E-state index is 0.570. The van der Waals surface area contributed by atoms with Crippen LogP contribution in [0.1, 0.15) is 19.3 Å². The van der Waals surface area contributed by atoms with Crippen LogP contribution in [0.2, 0.25) is 0 Å². The van der Waals surface area contributed by atoms with Crippen molar-refractivity contribution in [1.29, 1.82) is 0 Å².